The second kappa shape index (κ2) is 5.20. The molecule has 1 aromatic rings. The molecule has 5 nitrogen and oxygen atoms in total. The third-order valence-corrected chi connectivity index (χ3v) is 4.29. The van der Waals surface area contributed by atoms with Gasteiger partial charge < -0.3 is 10.7 Å². The number of rotatable bonds is 5. The molecule has 0 unspecified atom stereocenters. The van der Waals surface area contributed by atoms with Crippen LogP contribution >= 0.6 is 0 Å². The molecule has 20 heavy (non-hydrogen) atoms. The Kier molecular flexibility index (Phi) is 3.91. The van der Waals surface area contributed by atoms with Gasteiger partial charge in [-0.25, -0.2) is 15.8 Å². The van der Waals surface area contributed by atoms with E-state index in [1.807, 2.05) is 6.92 Å². The summed E-state index contributed by atoms with van der Waals surface area (Å²) in [5.41, 5.74) is 4.05. The van der Waals surface area contributed by atoms with Gasteiger partial charge in [0.1, 0.15) is 17.5 Å². The standard InChI is InChI=1S/C15H27N5/c1-6-15(7-8-15)9-17-11-10(2)12(20-16)19-13(18-11)14(3,4)5/h6-9,16H2,1-5H3,(H2,17,18,19,20). The summed E-state index contributed by atoms with van der Waals surface area (Å²) in [6, 6.07) is 0. The lowest BCUT2D eigenvalue weighted by Crippen LogP contribution is -2.23. The van der Waals surface area contributed by atoms with Crippen molar-refractivity contribution < 1.29 is 0 Å². The molecule has 1 fully saturated rings. The Hall–Kier alpha value is -1.36. The largest absolute Gasteiger partial charge is 0.369 e. The number of hydrazine groups is 1. The van der Waals surface area contributed by atoms with E-state index in [1.165, 1.54) is 19.3 Å². The molecule has 1 aliphatic rings. The third-order valence-electron chi connectivity index (χ3n) is 4.29. The molecule has 0 saturated heterocycles. The maximum atomic E-state index is 5.58. The number of hydrogen-bond acceptors (Lipinski definition) is 5. The van der Waals surface area contributed by atoms with Crippen molar-refractivity contribution in [3.63, 3.8) is 0 Å². The zero-order valence-corrected chi connectivity index (χ0v) is 13.3. The van der Waals surface area contributed by atoms with Crippen molar-refractivity contribution in [3.05, 3.63) is 11.4 Å². The molecule has 1 aromatic heterocycles. The predicted molar refractivity (Wildman–Crippen MR) is 83.7 cm³/mol. The Morgan fingerprint density at radius 2 is 1.80 bits per heavy atom. The van der Waals surface area contributed by atoms with Gasteiger partial charge in [0.25, 0.3) is 0 Å². The molecule has 4 N–H and O–H groups in total. The molecular weight excluding hydrogens is 250 g/mol. The molecule has 0 atom stereocenters. The molecule has 1 heterocycles. The molecule has 5 heteroatoms. The fourth-order valence-electron chi connectivity index (χ4n) is 2.27. The Labute approximate surface area is 121 Å². The van der Waals surface area contributed by atoms with Crippen molar-refractivity contribution in [1.29, 1.82) is 0 Å². The van der Waals surface area contributed by atoms with Gasteiger partial charge in [0.05, 0.1) is 0 Å². The SMILES string of the molecule is CCC1(CNc2nc(C(C)(C)C)nc(NN)c2C)CC1. The van der Waals surface area contributed by atoms with Gasteiger partial charge >= 0.3 is 0 Å². The molecule has 1 saturated carbocycles. The first kappa shape index (κ1) is 15.0. The minimum atomic E-state index is -0.0995. The molecule has 0 amide bonds. The van der Waals surface area contributed by atoms with Gasteiger partial charge in [0.15, 0.2) is 0 Å². The van der Waals surface area contributed by atoms with Crippen LogP contribution in [0.1, 0.15) is 58.3 Å². The van der Waals surface area contributed by atoms with Crippen molar-refractivity contribution in [2.24, 2.45) is 11.3 Å². The number of hydrogen-bond donors (Lipinski definition) is 3. The van der Waals surface area contributed by atoms with Crippen LogP contribution in [0.4, 0.5) is 11.6 Å². The third kappa shape index (κ3) is 3.03. The van der Waals surface area contributed by atoms with E-state index in [9.17, 15) is 0 Å². The molecule has 0 aliphatic heterocycles. The molecule has 1 aliphatic carbocycles. The van der Waals surface area contributed by atoms with E-state index < -0.39 is 0 Å². The van der Waals surface area contributed by atoms with E-state index in [-0.39, 0.29) is 5.41 Å². The van der Waals surface area contributed by atoms with Crippen LogP contribution in [-0.4, -0.2) is 16.5 Å². The van der Waals surface area contributed by atoms with Crippen LogP contribution in [0.3, 0.4) is 0 Å². The highest BCUT2D eigenvalue weighted by atomic mass is 15.3. The predicted octanol–water partition coefficient (Wildman–Crippen LogP) is 2.97. The summed E-state index contributed by atoms with van der Waals surface area (Å²) in [6.07, 6.45) is 3.85. The quantitative estimate of drug-likeness (QED) is 0.570. The Morgan fingerprint density at radius 1 is 1.20 bits per heavy atom. The van der Waals surface area contributed by atoms with Crippen LogP contribution in [0.2, 0.25) is 0 Å². The fourth-order valence-corrected chi connectivity index (χ4v) is 2.27. The van der Waals surface area contributed by atoms with E-state index in [0.717, 1.165) is 23.8 Å². The Morgan fingerprint density at radius 3 is 2.25 bits per heavy atom. The molecule has 112 valence electrons. The Balaban J connectivity index is 2.26. The van der Waals surface area contributed by atoms with Crippen LogP contribution in [0.25, 0.3) is 0 Å². The van der Waals surface area contributed by atoms with Gasteiger partial charge in [-0.2, -0.15) is 0 Å². The van der Waals surface area contributed by atoms with Crippen molar-refractivity contribution in [3.8, 4) is 0 Å². The van der Waals surface area contributed by atoms with Gasteiger partial charge in [-0.3, -0.25) is 0 Å². The summed E-state index contributed by atoms with van der Waals surface area (Å²) in [6.45, 7) is 11.6. The monoisotopic (exact) mass is 277 g/mol. The molecular formula is C15H27N5. The molecule has 0 radical (unpaired) electrons. The van der Waals surface area contributed by atoms with Crippen LogP contribution in [0.15, 0.2) is 0 Å². The normalized spacial score (nSPS) is 16.9. The zero-order valence-electron chi connectivity index (χ0n) is 13.3. The average Bonchev–Trinajstić information content (AvgIpc) is 3.17. The van der Waals surface area contributed by atoms with Gasteiger partial charge in [-0.1, -0.05) is 27.7 Å². The molecule has 2 rings (SSSR count). The smallest absolute Gasteiger partial charge is 0.148 e. The van der Waals surface area contributed by atoms with E-state index >= 15 is 0 Å². The topological polar surface area (TPSA) is 75.9 Å². The first-order valence-corrected chi connectivity index (χ1v) is 7.41. The van der Waals surface area contributed by atoms with Gasteiger partial charge in [0, 0.05) is 17.5 Å². The van der Waals surface area contributed by atoms with Crippen molar-refractivity contribution in [2.75, 3.05) is 17.3 Å². The number of nitrogens with zero attached hydrogens (tertiary/aromatic N) is 2. The summed E-state index contributed by atoms with van der Waals surface area (Å²) in [5, 5.41) is 3.51. The van der Waals surface area contributed by atoms with Crippen LogP contribution in [0.5, 0.6) is 0 Å². The Bertz CT molecular complexity index is 486. The summed E-state index contributed by atoms with van der Waals surface area (Å²) >= 11 is 0. The number of nitrogens with one attached hydrogen (secondary N) is 2. The summed E-state index contributed by atoms with van der Waals surface area (Å²) < 4.78 is 0. The van der Waals surface area contributed by atoms with Crippen LogP contribution < -0.4 is 16.6 Å². The summed E-state index contributed by atoms with van der Waals surface area (Å²) in [7, 11) is 0. The number of nitrogens with two attached hydrogens (primary N) is 1. The maximum Gasteiger partial charge on any atom is 0.148 e. The van der Waals surface area contributed by atoms with Crippen molar-refractivity contribution >= 4 is 11.6 Å². The lowest BCUT2D eigenvalue weighted by molar-refractivity contribution is 0.518. The maximum absolute atomic E-state index is 5.58. The van der Waals surface area contributed by atoms with E-state index in [1.54, 1.807) is 0 Å². The number of nitrogen functional groups attached to an aromatic ring is 1. The van der Waals surface area contributed by atoms with Crippen LogP contribution in [0, 0.1) is 12.3 Å². The van der Waals surface area contributed by atoms with E-state index in [4.69, 9.17) is 10.8 Å². The highest BCUT2D eigenvalue weighted by Crippen LogP contribution is 2.48. The second-order valence-corrected chi connectivity index (χ2v) is 6.97. The minimum Gasteiger partial charge on any atom is -0.369 e. The molecule has 0 spiro atoms. The minimum absolute atomic E-state index is 0.0995. The highest BCUT2D eigenvalue weighted by Gasteiger charge is 2.40. The van der Waals surface area contributed by atoms with Gasteiger partial charge in [0.2, 0.25) is 0 Å². The second-order valence-electron chi connectivity index (χ2n) is 6.97. The first-order valence-electron chi connectivity index (χ1n) is 7.41. The average molecular weight is 277 g/mol. The zero-order chi connectivity index (χ0) is 15.0. The molecule has 0 aromatic carbocycles. The molecule has 0 bridgehead atoms. The van der Waals surface area contributed by atoms with Gasteiger partial charge in [-0.05, 0) is 31.6 Å². The number of aromatic nitrogens is 2. The summed E-state index contributed by atoms with van der Waals surface area (Å²) in [4.78, 5) is 9.22. The van der Waals surface area contributed by atoms with Crippen molar-refractivity contribution in [1.82, 2.24) is 9.97 Å². The fraction of sp³-hybridized carbons (Fsp3) is 0.733. The lowest BCUT2D eigenvalue weighted by Gasteiger charge is -2.22. The highest BCUT2D eigenvalue weighted by molar-refractivity contribution is 5.57. The first-order chi connectivity index (χ1) is 9.31. The van der Waals surface area contributed by atoms with Gasteiger partial charge in [-0.15, -0.1) is 0 Å². The van der Waals surface area contributed by atoms with E-state index in [0.29, 0.717) is 11.2 Å². The lowest BCUT2D eigenvalue weighted by atomic mass is 9.95. The van der Waals surface area contributed by atoms with Crippen LogP contribution in [-0.2, 0) is 5.41 Å². The number of anilines is 2. The van der Waals surface area contributed by atoms with Crippen molar-refractivity contribution in [2.45, 2.75) is 59.3 Å². The van der Waals surface area contributed by atoms with E-state index in [2.05, 4.69) is 43.4 Å². The summed E-state index contributed by atoms with van der Waals surface area (Å²) in [5.74, 6) is 7.99.